The molecule has 0 saturated carbocycles. The van der Waals surface area contributed by atoms with E-state index in [1.54, 1.807) is 17.0 Å². The van der Waals surface area contributed by atoms with Crippen LogP contribution in [0.2, 0.25) is 5.02 Å². The number of hydrogen-bond acceptors (Lipinski definition) is 2. The minimum Gasteiger partial charge on any atom is -0.325 e. The highest BCUT2D eigenvalue weighted by molar-refractivity contribution is 6.31. The van der Waals surface area contributed by atoms with Gasteiger partial charge in [0.05, 0.1) is 5.92 Å². The average molecular weight is 357 g/mol. The van der Waals surface area contributed by atoms with Gasteiger partial charge in [-0.25, -0.2) is 0 Å². The summed E-state index contributed by atoms with van der Waals surface area (Å²) in [6.07, 6.45) is 0.221. The SMILES string of the molecule is Cc1ccc(C)c(N2CC(C(=O)Nc3cccc(Cl)c3C)CC2=O)c1. The summed E-state index contributed by atoms with van der Waals surface area (Å²) in [6, 6.07) is 11.4. The predicted molar refractivity (Wildman–Crippen MR) is 101 cm³/mol. The molecule has 0 radical (unpaired) electrons. The Morgan fingerprint density at radius 3 is 2.72 bits per heavy atom. The van der Waals surface area contributed by atoms with Crippen LogP contribution in [0, 0.1) is 26.7 Å². The van der Waals surface area contributed by atoms with Crippen LogP contribution in [0.5, 0.6) is 0 Å². The third-order valence-electron chi connectivity index (χ3n) is 4.68. The summed E-state index contributed by atoms with van der Waals surface area (Å²) in [7, 11) is 0. The molecule has 130 valence electrons. The molecule has 0 aromatic heterocycles. The number of carbonyl (C=O) groups excluding carboxylic acids is 2. The second-order valence-electron chi connectivity index (χ2n) is 6.60. The van der Waals surface area contributed by atoms with E-state index < -0.39 is 0 Å². The zero-order valence-corrected chi connectivity index (χ0v) is 15.4. The highest BCUT2D eigenvalue weighted by Crippen LogP contribution is 2.30. The first-order chi connectivity index (χ1) is 11.9. The van der Waals surface area contributed by atoms with Crippen molar-refractivity contribution in [3.05, 3.63) is 58.1 Å². The Labute approximate surface area is 152 Å². The largest absolute Gasteiger partial charge is 0.325 e. The molecule has 0 spiro atoms. The third-order valence-corrected chi connectivity index (χ3v) is 5.09. The first-order valence-electron chi connectivity index (χ1n) is 8.30. The highest BCUT2D eigenvalue weighted by atomic mass is 35.5. The van der Waals surface area contributed by atoms with Crippen LogP contribution in [0.1, 0.15) is 23.1 Å². The minimum absolute atomic E-state index is 0.0170. The number of nitrogens with one attached hydrogen (secondary N) is 1. The summed E-state index contributed by atoms with van der Waals surface area (Å²) >= 11 is 6.10. The Kier molecular flexibility index (Phi) is 4.82. The van der Waals surface area contributed by atoms with Gasteiger partial charge in [-0.05, 0) is 55.7 Å². The van der Waals surface area contributed by atoms with Gasteiger partial charge in [-0.15, -0.1) is 0 Å². The molecule has 1 atom stereocenters. The smallest absolute Gasteiger partial charge is 0.229 e. The van der Waals surface area contributed by atoms with E-state index in [4.69, 9.17) is 11.6 Å². The van der Waals surface area contributed by atoms with Crippen molar-refractivity contribution in [2.45, 2.75) is 27.2 Å². The first-order valence-corrected chi connectivity index (χ1v) is 8.68. The van der Waals surface area contributed by atoms with Crippen molar-refractivity contribution in [3.63, 3.8) is 0 Å². The zero-order chi connectivity index (χ0) is 18.1. The molecule has 4 nitrogen and oxygen atoms in total. The summed E-state index contributed by atoms with van der Waals surface area (Å²) < 4.78 is 0. The van der Waals surface area contributed by atoms with Crippen LogP contribution in [0.4, 0.5) is 11.4 Å². The van der Waals surface area contributed by atoms with Gasteiger partial charge in [0, 0.05) is 29.4 Å². The van der Waals surface area contributed by atoms with Gasteiger partial charge in [0.25, 0.3) is 0 Å². The number of aryl methyl sites for hydroxylation is 2. The molecule has 1 saturated heterocycles. The average Bonchev–Trinajstić information content (AvgIpc) is 2.96. The van der Waals surface area contributed by atoms with E-state index >= 15 is 0 Å². The Morgan fingerprint density at radius 2 is 1.96 bits per heavy atom. The molecule has 5 heteroatoms. The van der Waals surface area contributed by atoms with Crippen molar-refractivity contribution in [3.8, 4) is 0 Å². The van der Waals surface area contributed by atoms with Crippen LogP contribution in [-0.2, 0) is 9.59 Å². The minimum atomic E-state index is -0.370. The molecular formula is C20H21ClN2O2. The van der Waals surface area contributed by atoms with Crippen LogP contribution in [0.3, 0.4) is 0 Å². The fourth-order valence-electron chi connectivity index (χ4n) is 3.10. The monoisotopic (exact) mass is 356 g/mol. The Balaban J connectivity index is 1.77. The highest BCUT2D eigenvalue weighted by Gasteiger charge is 2.35. The van der Waals surface area contributed by atoms with Crippen LogP contribution in [-0.4, -0.2) is 18.4 Å². The molecule has 2 aromatic rings. The predicted octanol–water partition coefficient (Wildman–Crippen LogP) is 4.26. The summed E-state index contributed by atoms with van der Waals surface area (Å²) in [4.78, 5) is 26.8. The van der Waals surface area contributed by atoms with Gasteiger partial charge in [-0.3, -0.25) is 9.59 Å². The topological polar surface area (TPSA) is 49.4 Å². The van der Waals surface area contributed by atoms with Crippen molar-refractivity contribution < 1.29 is 9.59 Å². The van der Waals surface area contributed by atoms with Gasteiger partial charge in [-0.2, -0.15) is 0 Å². The van der Waals surface area contributed by atoms with Gasteiger partial charge in [0.15, 0.2) is 0 Å². The molecule has 1 aliphatic heterocycles. The van der Waals surface area contributed by atoms with Crippen LogP contribution < -0.4 is 10.2 Å². The lowest BCUT2D eigenvalue weighted by atomic mass is 10.1. The lowest BCUT2D eigenvalue weighted by Gasteiger charge is -2.20. The van der Waals surface area contributed by atoms with E-state index in [0.29, 0.717) is 17.3 Å². The number of anilines is 2. The van der Waals surface area contributed by atoms with E-state index in [9.17, 15) is 9.59 Å². The Hall–Kier alpha value is -2.33. The van der Waals surface area contributed by atoms with Crippen LogP contribution in [0.25, 0.3) is 0 Å². The molecule has 0 aliphatic carbocycles. The maximum absolute atomic E-state index is 12.6. The lowest BCUT2D eigenvalue weighted by molar-refractivity contribution is -0.122. The summed E-state index contributed by atoms with van der Waals surface area (Å²) in [5.41, 5.74) is 4.53. The van der Waals surface area contributed by atoms with E-state index in [1.165, 1.54) is 0 Å². The normalized spacial score (nSPS) is 17.0. The van der Waals surface area contributed by atoms with Crippen molar-refractivity contribution in [2.75, 3.05) is 16.8 Å². The zero-order valence-electron chi connectivity index (χ0n) is 14.6. The van der Waals surface area contributed by atoms with Crippen molar-refractivity contribution in [1.29, 1.82) is 0 Å². The molecule has 1 unspecified atom stereocenters. The standard InChI is InChI=1S/C20H21ClN2O2/c1-12-7-8-13(2)18(9-12)23-11-15(10-19(23)24)20(25)22-17-6-4-5-16(21)14(17)3/h4-9,15H,10-11H2,1-3H3,(H,22,25). The second-order valence-corrected chi connectivity index (χ2v) is 7.00. The molecule has 1 aliphatic rings. The van der Waals surface area contributed by atoms with Crippen molar-refractivity contribution in [1.82, 2.24) is 0 Å². The number of halogens is 1. The maximum Gasteiger partial charge on any atom is 0.229 e. The fourth-order valence-corrected chi connectivity index (χ4v) is 3.28. The summed E-state index contributed by atoms with van der Waals surface area (Å²) in [6.45, 7) is 6.23. The van der Waals surface area contributed by atoms with Crippen LogP contribution in [0.15, 0.2) is 36.4 Å². The van der Waals surface area contributed by atoms with E-state index in [-0.39, 0.29) is 24.2 Å². The molecule has 25 heavy (non-hydrogen) atoms. The van der Waals surface area contributed by atoms with E-state index in [0.717, 1.165) is 22.4 Å². The van der Waals surface area contributed by atoms with Gasteiger partial charge in [-0.1, -0.05) is 29.8 Å². The number of carbonyl (C=O) groups is 2. The van der Waals surface area contributed by atoms with E-state index in [2.05, 4.69) is 5.32 Å². The van der Waals surface area contributed by atoms with Crippen LogP contribution >= 0.6 is 11.6 Å². The Bertz CT molecular complexity index is 848. The molecule has 1 N–H and O–H groups in total. The fraction of sp³-hybridized carbons (Fsp3) is 0.300. The number of rotatable bonds is 3. The maximum atomic E-state index is 12.6. The number of amides is 2. The molecule has 2 aromatic carbocycles. The van der Waals surface area contributed by atoms with E-state index in [1.807, 2.05) is 45.0 Å². The van der Waals surface area contributed by atoms with Gasteiger partial charge < -0.3 is 10.2 Å². The van der Waals surface area contributed by atoms with Gasteiger partial charge >= 0.3 is 0 Å². The molecule has 2 amide bonds. The number of benzene rings is 2. The Morgan fingerprint density at radius 1 is 1.20 bits per heavy atom. The first kappa shape index (κ1) is 17.5. The summed E-state index contributed by atoms with van der Waals surface area (Å²) in [5, 5.41) is 3.52. The molecular weight excluding hydrogens is 336 g/mol. The summed E-state index contributed by atoms with van der Waals surface area (Å²) in [5.74, 6) is -0.533. The van der Waals surface area contributed by atoms with Crippen molar-refractivity contribution in [2.24, 2.45) is 5.92 Å². The quantitative estimate of drug-likeness (QED) is 0.893. The number of nitrogens with zero attached hydrogens (tertiary/aromatic N) is 1. The lowest BCUT2D eigenvalue weighted by Crippen LogP contribution is -2.28. The molecule has 0 bridgehead atoms. The molecule has 1 fully saturated rings. The second kappa shape index (κ2) is 6.89. The van der Waals surface area contributed by atoms with Crippen molar-refractivity contribution >= 4 is 34.8 Å². The number of hydrogen-bond donors (Lipinski definition) is 1. The van der Waals surface area contributed by atoms with Gasteiger partial charge in [0.2, 0.25) is 11.8 Å². The molecule has 3 rings (SSSR count). The molecule has 1 heterocycles. The third kappa shape index (κ3) is 3.54. The van der Waals surface area contributed by atoms with Gasteiger partial charge in [0.1, 0.15) is 0 Å².